The SMILES string of the molecule is O=C(CC1CCNC1)NC1CCN(c2ncccn2)CC1. The molecule has 0 bridgehead atoms. The van der Waals surface area contributed by atoms with Gasteiger partial charge in [0.2, 0.25) is 11.9 Å². The molecule has 1 unspecified atom stereocenters. The first-order valence-corrected chi connectivity index (χ1v) is 7.83. The Morgan fingerprint density at radius 3 is 2.71 bits per heavy atom. The molecule has 2 fully saturated rings. The van der Waals surface area contributed by atoms with Gasteiger partial charge in [0.1, 0.15) is 0 Å². The highest BCUT2D eigenvalue weighted by Gasteiger charge is 2.24. The van der Waals surface area contributed by atoms with Gasteiger partial charge in [-0.05, 0) is 44.3 Å². The topological polar surface area (TPSA) is 70.2 Å². The minimum Gasteiger partial charge on any atom is -0.353 e. The van der Waals surface area contributed by atoms with E-state index < -0.39 is 0 Å². The number of nitrogens with zero attached hydrogens (tertiary/aromatic N) is 3. The fourth-order valence-electron chi connectivity index (χ4n) is 3.12. The van der Waals surface area contributed by atoms with Crippen LogP contribution in [-0.2, 0) is 4.79 Å². The summed E-state index contributed by atoms with van der Waals surface area (Å²) in [5, 5.41) is 6.49. The van der Waals surface area contributed by atoms with Crippen molar-refractivity contribution < 1.29 is 4.79 Å². The lowest BCUT2D eigenvalue weighted by molar-refractivity contribution is -0.122. The maximum atomic E-state index is 12.0. The van der Waals surface area contributed by atoms with Crippen LogP contribution in [0.2, 0.25) is 0 Å². The van der Waals surface area contributed by atoms with Crippen molar-refractivity contribution in [1.82, 2.24) is 20.6 Å². The predicted octanol–water partition coefficient (Wildman–Crippen LogP) is 0.561. The number of carbonyl (C=O) groups excluding carboxylic acids is 1. The van der Waals surface area contributed by atoms with E-state index in [9.17, 15) is 4.79 Å². The molecule has 6 nitrogen and oxygen atoms in total. The van der Waals surface area contributed by atoms with Crippen molar-refractivity contribution in [3.8, 4) is 0 Å². The molecule has 0 aliphatic carbocycles. The van der Waals surface area contributed by atoms with Gasteiger partial charge in [0.15, 0.2) is 0 Å². The second-order valence-corrected chi connectivity index (χ2v) is 5.94. The summed E-state index contributed by atoms with van der Waals surface area (Å²) < 4.78 is 0. The van der Waals surface area contributed by atoms with E-state index in [-0.39, 0.29) is 5.91 Å². The molecule has 0 saturated carbocycles. The molecule has 2 saturated heterocycles. The maximum Gasteiger partial charge on any atom is 0.225 e. The normalized spacial score (nSPS) is 23.2. The molecule has 6 heteroatoms. The standard InChI is InChI=1S/C15H23N5O/c21-14(10-12-2-7-16-11-12)19-13-3-8-20(9-4-13)15-17-5-1-6-18-15/h1,5-6,12-13,16H,2-4,7-11H2,(H,19,21). The Balaban J connectivity index is 1.42. The molecular formula is C15H23N5O. The molecular weight excluding hydrogens is 266 g/mol. The van der Waals surface area contributed by atoms with Crippen LogP contribution in [0.5, 0.6) is 0 Å². The van der Waals surface area contributed by atoms with Gasteiger partial charge in [-0.1, -0.05) is 0 Å². The Labute approximate surface area is 125 Å². The average Bonchev–Trinajstić information content (AvgIpc) is 3.02. The summed E-state index contributed by atoms with van der Waals surface area (Å²) in [7, 11) is 0. The van der Waals surface area contributed by atoms with Crippen molar-refractivity contribution in [3.63, 3.8) is 0 Å². The second-order valence-electron chi connectivity index (χ2n) is 5.94. The molecule has 0 radical (unpaired) electrons. The summed E-state index contributed by atoms with van der Waals surface area (Å²) in [6.45, 7) is 3.84. The van der Waals surface area contributed by atoms with Crippen LogP contribution in [-0.4, -0.2) is 48.1 Å². The Bertz CT molecular complexity index is 452. The molecule has 2 N–H and O–H groups in total. The van der Waals surface area contributed by atoms with Gasteiger partial charge in [-0.15, -0.1) is 0 Å². The molecule has 0 aromatic carbocycles. The number of aromatic nitrogens is 2. The van der Waals surface area contributed by atoms with E-state index in [1.807, 2.05) is 6.07 Å². The molecule has 2 aliphatic rings. The van der Waals surface area contributed by atoms with Crippen molar-refractivity contribution in [2.45, 2.75) is 31.7 Å². The smallest absolute Gasteiger partial charge is 0.225 e. The Morgan fingerprint density at radius 2 is 2.05 bits per heavy atom. The number of amides is 1. The van der Waals surface area contributed by atoms with Crippen molar-refractivity contribution in [1.29, 1.82) is 0 Å². The van der Waals surface area contributed by atoms with E-state index in [0.717, 1.165) is 51.4 Å². The summed E-state index contributed by atoms with van der Waals surface area (Å²) in [4.78, 5) is 22.8. The first-order chi connectivity index (χ1) is 10.3. The number of piperidine rings is 1. The number of carbonyl (C=O) groups is 1. The molecule has 1 amide bonds. The van der Waals surface area contributed by atoms with Gasteiger partial charge in [0, 0.05) is 37.9 Å². The molecule has 3 heterocycles. The van der Waals surface area contributed by atoms with Gasteiger partial charge in [0.05, 0.1) is 0 Å². The molecule has 2 aliphatic heterocycles. The van der Waals surface area contributed by atoms with Gasteiger partial charge in [-0.2, -0.15) is 0 Å². The van der Waals surface area contributed by atoms with Gasteiger partial charge in [0.25, 0.3) is 0 Å². The van der Waals surface area contributed by atoms with Gasteiger partial charge >= 0.3 is 0 Å². The lowest BCUT2D eigenvalue weighted by Crippen LogP contribution is -2.45. The van der Waals surface area contributed by atoms with Crippen molar-refractivity contribution in [2.24, 2.45) is 5.92 Å². The zero-order valence-electron chi connectivity index (χ0n) is 12.3. The third kappa shape index (κ3) is 3.91. The van der Waals surface area contributed by atoms with Crippen LogP contribution in [0.25, 0.3) is 0 Å². The number of rotatable bonds is 4. The van der Waals surface area contributed by atoms with Crippen LogP contribution in [0.1, 0.15) is 25.7 Å². The van der Waals surface area contributed by atoms with Crippen LogP contribution in [0.4, 0.5) is 5.95 Å². The molecule has 21 heavy (non-hydrogen) atoms. The average molecular weight is 289 g/mol. The van der Waals surface area contributed by atoms with E-state index in [2.05, 4.69) is 25.5 Å². The highest BCUT2D eigenvalue weighted by atomic mass is 16.1. The molecule has 1 aromatic rings. The molecule has 1 atom stereocenters. The summed E-state index contributed by atoms with van der Waals surface area (Å²) in [5.74, 6) is 1.51. The zero-order valence-corrected chi connectivity index (χ0v) is 12.3. The Hall–Kier alpha value is -1.69. The van der Waals surface area contributed by atoms with Gasteiger partial charge in [-0.3, -0.25) is 4.79 Å². The third-order valence-electron chi connectivity index (χ3n) is 4.33. The number of anilines is 1. The van der Waals surface area contributed by atoms with Crippen LogP contribution in [0.15, 0.2) is 18.5 Å². The largest absolute Gasteiger partial charge is 0.353 e. The van der Waals surface area contributed by atoms with Crippen molar-refractivity contribution >= 4 is 11.9 Å². The lowest BCUT2D eigenvalue weighted by atomic mass is 10.0. The van der Waals surface area contributed by atoms with Gasteiger partial charge < -0.3 is 15.5 Å². The fraction of sp³-hybridized carbons (Fsp3) is 0.667. The summed E-state index contributed by atoms with van der Waals surface area (Å²) in [6.07, 6.45) is 7.25. The monoisotopic (exact) mass is 289 g/mol. The van der Waals surface area contributed by atoms with Crippen molar-refractivity contribution in [3.05, 3.63) is 18.5 Å². The molecule has 3 rings (SSSR count). The second kappa shape index (κ2) is 6.85. The fourth-order valence-corrected chi connectivity index (χ4v) is 3.12. The number of hydrogen-bond donors (Lipinski definition) is 2. The van der Waals surface area contributed by atoms with Crippen LogP contribution in [0.3, 0.4) is 0 Å². The van der Waals surface area contributed by atoms with E-state index in [1.165, 1.54) is 0 Å². The highest BCUT2D eigenvalue weighted by Crippen LogP contribution is 2.16. The van der Waals surface area contributed by atoms with Gasteiger partial charge in [-0.25, -0.2) is 9.97 Å². The van der Waals surface area contributed by atoms with Crippen molar-refractivity contribution in [2.75, 3.05) is 31.1 Å². The maximum absolute atomic E-state index is 12.0. The Morgan fingerprint density at radius 1 is 1.29 bits per heavy atom. The molecule has 1 aromatic heterocycles. The minimum atomic E-state index is 0.207. The third-order valence-corrected chi connectivity index (χ3v) is 4.33. The van der Waals surface area contributed by atoms with E-state index in [4.69, 9.17) is 0 Å². The minimum absolute atomic E-state index is 0.207. The first kappa shape index (κ1) is 14.3. The number of nitrogens with one attached hydrogen (secondary N) is 2. The van der Waals surface area contributed by atoms with E-state index in [1.54, 1.807) is 12.4 Å². The predicted molar refractivity (Wildman–Crippen MR) is 81.0 cm³/mol. The first-order valence-electron chi connectivity index (χ1n) is 7.83. The summed E-state index contributed by atoms with van der Waals surface area (Å²) >= 11 is 0. The van der Waals surface area contributed by atoms with E-state index in [0.29, 0.717) is 18.4 Å². The lowest BCUT2D eigenvalue weighted by Gasteiger charge is -2.32. The summed E-state index contributed by atoms with van der Waals surface area (Å²) in [5.41, 5.74) is 0. The van der Waals surface area contributed by atoms with Crippen LogP contribution < -0.4 is 15.5 Å². The van der Waals surface area contributed by atoms with Crippen LogP contribution >= 0.6 is 0 Å². The Kier molecular flexibility index (Phi) is 4.65. The quantitative estimate of drug-likeness (QED) is 0.847. The number of hydrogen-bond acceptors (Lipinski definition) is 5. The summed E-state index contributed by atoms with van der Waals surface area (Å²) in [6, 6.07) is 2.13. The zero-order chi connectivity index (χ0) is 14.5. The molecule has 114 valence electrons. The van der Waals surface area contributed by atoms with E-state index >= 15 is 0 Å². The molecule has 0 spiro atoms. The van der Waals surface area contributed by atoms with Crippen LogP contribution in [0, 0.1) is 5.92 Å². The highest BCUT2D eigenvalue weighted by molar-refractivity contribution is 5.76.